The summed E-state index contributed by atoms with van der Waals surface area (Å²) in [6, 6.07) is 41.3. The van der Waals surface area contributed by atoms with E-state index in [2.05, 4.69) is 101 Å². The predicted molar refractivity (Wildman–Crippen MR) is 233 cm³/mol. The van der Waals surface area contributed by atoms with E-state index in [4.69, 9.17) is 9.97 Å². The second kappa shape index (κ2) is 14.0. The molecule has 0 amide bonds. The average Bonchev–Trinajstić information content (AvgIpc) is 4.10. The lowest BCUT2D eigenvalue weighted by Crippen LogP contribution is -1.91. The summed E-state index contributed by atoms with van der Waals surface area (Å²) in [5.41, 5.74) is 15.8. The first-order chi connectivity index (χ1) is 27.7. The third-order valence-corrected chi connectivity index (χ3v) is 12.0. The molecule has 8 aromatic rings. The number of benzene rings is 3. The normalized spacial score (nSPS) is 11.9. The molecule has 10 rings (SSSR count). The highest BCUT2D eigenvalue weighted by Gasteiger charge is 2.24. The predicted octanol–water partition coefficient (Wildman–Crippen LogP) is 12.7. The molecule has 8 bridgehead atoms. The molecular weight excluding hydrogens is 729 g/mol. The van der Waals surface area contributed by atoms with Gasteiger partial charge in [0.2, 0.25) is 0 Å². The van der Waals surface area contributed by atoms with Gasteiger partial charge in [0.25, 0.3) is 0 Å². The fraction of sp³-hybridized carbons (Fsp3) is 0. The van der Waals surface area contributed by atoms with Crippen molar-refractivity contribution in [3.63, 3.8) is 0 Å². The van der Waals surface area contributed by atoms with Gasteiger partial charge >= 0.3 is 0 Å². The smallest absolute Gasteiger partial charge is 0.160 e. The first-order valence-corrected chi connectivity index (χ1v) is 19.9. The van der Waals surface area contributed by atoms with E-state index < -0.39 is 0 Å². The van der Waals surface area contributed by atoms with Crippen LogP contribution in [0.2, 0.25) is 0 Å². The van der Waals surface area contributed by atoms with E-state index in [9.17, 15) is 9.59 Å². The Bertz CT molecular complexity index is 3020. The number of hydrogen-bond acceptors (Lipinski definition) is 6. The number of aldehydes is 2. The Morgan fingerprint density at radius 3 is 1.25 bits per heavy atom. The molecule has 0 saturated heterocycles. The first-order valence-electron chi connectivity index (χ1n) is 18.1. The Labute approximate surface area is 329 Å². The molecule has 266 valence electrons. The lowest BCUT2D eigenvalue weighted by Gasteiger charge is -2.08. The van der Waals surface area contributed by atoms with Crippen molar-refractivity contribution < 1.29 is 9.59 Å². The van der Waals surface area contributed by atoms with Crippen LogP contribution >= 0.6 is 22.7 Å². The van der Waals surface area contributed by atoms with Crippen LogP contribution < -0.4 is 0 Å². The molecule has 56 heavy (non-hydrogen) atoms. The van der Waals surface area contributed by atoms with Gasteiger partial charge in [0.15, 0.2) is 12.6 Å². The maximum Gasteiger partial charge on any atom is 0.160 e. The summed E-state index contributed by atoms with van der Waals surface area (Å²) in [5.74, 6) is 0. The van der Waals surface area contributed by atoms with Crippen LogP contribution in [0.15, 0.2) is 132 Å². The zero-order valence-corrected chi connectivity index (χ0v) is 31.3. The summed E-state index contributed by atoms with van der Waals surface area (Å²) >= 11 is 2.72. The lowest BCUT2D eigenvalue weighted by molar-refractivity contribution is 0.111. The molecule has 0 radical (unpaired) electrons. The number of carbonyl (C=O) groups excluding carboxylic acids is 2. The second-order valence-corrected chi connectivity index (χ2v) is 15.3. The highest BCUT2D eigenvalue weighted by molar-refractivity contribution is 7.13. The molecule has 0 unspecified atom stereocenters. The number of nitrogens with one attached hydrogen (secondary N) is 2. The van der Waals surface area contributed by atoms with E-state index in [1.54, 1.807) is 0 Å². The molecule has 5 aromatic heterocycles. The van der Waals surface area contributed by atoms with Gasteiger partial charge in [-0.3, -0.25) is 9.59 Å². The molecule has 6 nitrogen and oxygen atoms in total. The van der Waals surface area contributed by atoms with E-state index in [1.165, 1.54) is 22.7 Å². The number of carbonyl (C=O) groups is 2. The number of thiophene rings is 2. The second-order valence-electron chi connectivity index (χ2n) is 13.4. The molecule has 8 heteroatoms. The molecule has 3 aromatic carbocycles. The fourth-order valence-electron chi connectivity index (χ4n) is 7.75. The fourth-order valence-corrected chi connectivity index (χ4v) is 9.33. The Hall–Kier alpha value is -7.00. The van der Waals surface area contributed by atoms with Gasteiger partial charge in [0.1, 0.15) is 0 Å². The van der Waals surface area contributed by atoms with Crippen molar-refractivity contribution in [1.29, 1.82) is 0 Å². The summed E-state index contributed by atoms with van der Waals surface area (Å²) in [6.07, 6.45) is 10.0. The van der Waals surface area contributed by atoms with Crippen LogP contribution in [0.1, 0.15) is 42.1 Å². The summed E-state index contributed by atoms with van der Waals surface area (Å²) in [6.45, 7) is 0. The Morgan fingerprint density at radius 2 is 0.821 bits per heavy atom. The van der Waals surface area contributed by atoms with Crippen molar-refractivity contribution in [3.8, 4) is 55.6 Å². The number of aromatic nitrogens is 4. The Morgan fingerprint density at radius 1 is 0.411 bits per heavy atom. The van der Waals surface area contributed by atoms with E-state index in [1.807, 2.05) is 65.4 Å². The minimum atomic E-state index is 0.547. The zero-order chi connectivity index (χ0) is 37.6. The first kappa shape index (κ1) is 33.6. The monoisotopic (exact) mass is 758 g/mol. The number of fused-ring (bicyclic) bond motifs is 8. The average molecular weight is 759 g/mol. The standard InChI is InChI=1S/C48H30N4O2S2/c53-26-42-32(24-25-55-42)47-33(28-56-43(47)27-54)48-40-22-20-38(51-40)45(30-12-6-2-7-13-30)36-18-16-34(49-36)44(29-10-4-1-5-11-29)35-17-19-37(50-35)46(31-14-8-3-9-15-31)39-21-23-41(48)52-39/h1-28,49,52H. The van der Waals surface area contributed by atoms with Gasteiger partial charge in [-0.25, -0.2) is 9.97 Å². The van der Waals surface area contributed by atoms with Gasteiger partial charge in [-0.15, -0.1) is 22.7 Å². The third-order valence-electron chi connectivity index (χ3n) is 10.2. The Balaban J connectivity index is 1.40. The zero-order valence-electron chi connectivity index (χ0n) is 29.7. The summed E-state index contributed by atoms with van der Waals surface area (Å²) in [7, 11) is 0. The number of hydrogen-bond donors (Lipinski definition) is 2. The Kier molecular flexibility index (Phi) is 8.40. The van der Waals surface area contributed by atoms with Gasteiger partial charge in [-0.05, 0) is 76.7 Å². The SMILES string of the molecule is O=Cc1sccc1-c1c(-c2c3nc(c(-c4ccccc4)c4ccc([nH]4)c(-c4ccccc4)c4nc(c(-c5ccccc5)c5ccc2[nH]5)C=C4)C=C3)csc1C=O. The molecule has 0 saturated carbocycles. The highest BCUT2D eigenvalue weighted by Crippen LogP contribution is 2.45. The van der Waals surface area contributed by atoms with E-state index >= 15 is 0 Å². The third kappa shape index (κ3) is 5.71. The van der Waals surface area contributed by atoms with Gasteiger partial charge in [-0.2, -0.15) is 0 Å². The van der Waals surface area contributed by atoms with E-state index in [0.717, 1.165) is 113 Å². The number of nitrogens with zero attached hydrogens (tertiary/aromatic N) is 2. The van der Waals surface area contributed by atoms with E-state index in [0.29, 0.717) is 9.75 Å². The maximum atomic E-state index is 12.6. The number of aromatic amines is 2. The summed E-state index contributed by atoms with van der Waals surface area (Å²) < 4.78 is 0. The van der Waals surface area contributed by atoms with E-state index in [-0.39, 0.29) is 0 Å². The van der Waals surface area contributed by atoms with Crippen molar-refractivity contribution in [2.45, 2.75) is 0 Å². The minimum absolute atomic E-state index is 0.547. The molecule has 0 fully saturated rings. The van der Waals surface area contributed by atoms with Crippen LogP contribution in [0, 0.1) is 0 Å². The quantitative estimate of drug-likeness (QED) is 0.158. The van der Waals surface area contributed by atoms with Gasteiger partial charge in [0.05, 0.1) is 32.5 Å². The largest absolute Gasteiger partial charge is 0.354 e. The van der Waals surface area contributed by atoms with Gasteiger partial charge < -0.3 is 9.97 Å². The van der Waals surface area contributed by atoms with Crippen molar-refractivity contribution >= 4 is 81.6 Å². The molecule has 0 aliphatic carbocycles. The maximum absolute atomic E-state index is 12.6. The minimum Gasteiger partial charge on any atom is -0.354 e. The lowest BCUT2D eigenvalue weighted by atomic mass is 9.96. The number of H-pyrrole nitrogens is 2. The van der Waals surface area contributed by atoms with Crippen LogP contribution in [0.4, 0.5) is 0 Å². The summed E-state index contributed by atoms with van der Waals surface area (Å²) in [4.78, 5) is 44.3. The molecule has 0 atom stereocenters. The van der Waals surface area contributed by atoms with Crippen molar-refractivity contribution in [2.24, 2.45) is 0 Å². The van der Waals surface area contributed by atoms with Crippen molar-refractivity contribution in [2.75, 3.05) is 0 Å². The molecule has 7 heterocycles. The topological polar surface area (TPSA) is 91.5 Å². The van der Waals surface area contributed by atoms with Crippen LogP contribution in [-0.2, 0) is 0 Å². The highest BCUT2D eigenvalue weighted by atomic mass is 32.1. The molecular formula is C48H30N4O2S2. The van der Waals surface area contributed by atoms with Crippen LogP contribution in [0.5, 0.6) is 0 Å². The van der Waals surface area contributed by atoms with Crippen molar-refractivity contribution in [3.05, 3.63) is 165 Å². The van der Waals surface area contributed by atoms with Crippen LogP contribution in [0.3, 0.4) is 0 Å². The molecule has 2 aliphatic rings. The molecule has 0 spiro atoms. The number of rotatable bonds is 7. The van der Waals surface area contributed by atoms with Crippen LogP contribution in [0.25, 0.3) is 102 Å². The summed E-state index contributed by atoms with van der Waals surface area (Å²) in [5, 5.41) is 3.89. The van der Waals surface area contributed by atoms with Gasteiger partial charge in [0, 0.05) is 66.4 Å². The van der Waals surface area contributed by atoms with Gasteiger partial charge in [-0.1, -0.05) is 91.0 Å². The van der Waals surface area contributed by atoms with Crippen molar-refractivity contribution in [1.82, 2.24) is 19.9 Å². The molecule has 2 N–H and O–H groups in total. The molecule has 2 aliphatic heterocycles. The van der Waals surface area contributed by atoms with Crippen LogP contribution in [-0.4, -0.2) is 32.5 Å².